The van der Waals surface area contributed by atoms with Crippen LogP contribution in [0.25, 0.3) is 0 Å². The van der Waals surface area contributed by atoms with E-state index in [4.69, 9.17) is 23.7 Å². The molecular weight excluding hydrogens is 564 g/mol. The van der Waals surface area contributed by atoms with Crippen LogP contribution in [0.15, 0.2) is 121 Å². The van der Waals surface area contributed by atoms with Crippen LogP contribution >= 0.6 is 0 Å². The van der Waals surface area contributed by atoms with Gasteiger partial charge in [0.1, 0.15) is 18.1 Å². The van der Waals surface area contributed by atoms with Gasteiger partial charge in [0, 0.05) is 0 Å². The number of hydrogen-bond acceptors (Lipinski definition) is 9. The molecule has 1 saturated heterocycles. The van der Waals surface area contributed by atoms with Crippen LogP contribution in [0.4, 0.5) is 0 Å². The Labute approximate surface area is 253 Å². The number of carbonyl (C=O) groups is 4. The van der Waals surface area contributed by atoms with E-state index in [1.54, 1.807) is 128 Å². The van der Waals surface area contributed by atoms with Crippen LogP contribution in [0.5, 0.6) is 0 Å². The highest BCUT2D eigenvalue weighted by Crippen LogP contribution is 2.65. The van der Waals surface area contributed by atoms with Gasteiger partial charge in [0.15, 0.2) is 11.7 Å². The number of hydrogen-bond donors (Lipinski definition) is 0. The van der Waals surface area contributed by atoms with Crippen LogP contribution in [-0.2, 0) is 23.7 Å². The summed E-state index contributed by atoms with van der Waals surface area (Å²) in [7, 11) is 0. The normalized spacial score (nSPS) is 24.8. The minimum Gasteiger partial charge on any atom is -0.461 e. The Hall–Kier alpha value is -5.28. The first kappa shape index (κ1) is 28.8. The molecule has 9 nitrogen and oxygen atoms in total. The highest BCUT2D eigenvalue weighted by molar-refractivity contribution is 5.92. The second-order valence-electron chi connectivity index (χ2n) is 10.8. The van der Waals surface area contributed by atoms with Crippen LogP contribution in [0, 0.1) is 5.41 Å². The lowest BCUT2D eigenvalue weighted by molar-refractivity contribution is -0.186. The first-order valence-corrected chi connectivity index (χ1v) is 14.0. The van der Waals surface area contributed by atoms with Gasteiger partial charge in [-0.2, -0.15) is 0 Å². The van der Waals surface area contributed by atoms with Gasteiger partial charge >= 0.3 is 23.9 Å². The predicted molar refractivity (Wildman–Crippen MR) is 156 cm³/mol. The van der Waals surface area contributed by atoms with Gasteiger partial charge in [0.05, 0.1) is 22.3 Å². The SMILES string of the molecule is C[C@]1(COC(=O)c2ccccc2)C(OC(=O)c2ccccc2)O[C@@H]2C(OC(=O)c3ccccc3)[C@@]21OC(=O)c1ccccc1. The first-order chi connectivity index (χ1) is 21.3. The number of benzene rings is 4. The zero-order chi connectivity index (χ0) is 30.7. The zero-order valence-corrected chi connectivity index (χ0v) is 23.7. The lowest BCUT2D eigenvalue weighted by atomic mass is 9.82. The van der Waals surface area contributed by atoms with Crippen molar-refractivity contribution < 1.29 is 42.9 Å². The van der Waals surface area contributed by atoms with Gasteiger partial charge in [-0.15, -0.1) is 0 Å². The second-order valence-corrected chi connectivity index (χ2v) is 10.8. The molecule has 1 aliphatic carbocycles. The lowest BCUT2D eigenvalue weighted by Crippen LogP contribution is -2.52. The van der Waals surface area contributed by atoms with E-state index in [1.165, 1.54) is 0 Å². The molecule has 0 N–H and O–H groups in total. The maximum atomic E-state index is 13.5. The van der Waals surface area contributed by atoms with E-state index in [9.17, 15) is 19.2 Å². The van der Waals surface area contributed by atoms with Gasteiger partial charge in [0.2, 0.25) is 6.29 Å². The summed E-state index contributed by atoms with van der Waals surface area (Å²) in [5.74, 6) is -2.72. The molecule has 1 heterocycles. The molecule has 2 aliphatic rings. The van der Waals surface area contributed by atoms with Crippen LogP contribution in [0.3, 0.4) is 0 Å². The van der Waals surface area contributed by atoms with E-state index in [1.807, 2.05) is 0 Å². The van der Waals surface area contributed by atoms with Gasteiger partial charge in [-0.25, -0.2) is 19.2 Å². The fraction of sp³-hybridized carbons (Fsp3) is 0.200. The maximum absolute atomic E-state index is 13.5. The molecule has 1 aliphatic heterocycles. The molecule has 2 unspecified atom stereocenters. The summed E-state index contributed by atoms with van der Waals surface area (Å²) < 4.78 is 29.8. The standard InChI is InChI=1S/C35H28O9/c1-34(22-40-29(36)23-14-6-2-7-15-23)33(43-31(38)25-18-10-4-11-19-25)42-28-27(41-30(37)24-16-8-3-9-17-24)35(28,34)44-32(39)26-20-12-5-13-21-26/h2-21,27-28,33H,22H2,1H3/t27?,28-,33?,34+,35-/m1/s1. The number of carbonyl (C=O) groups excluding carboxylic acids is 4. The monoisotopic (exact) mass is 592 g/mol. The zero-order valence-electron chi connectivity index (χ0n) is 23.7. The molecule has 0 radical (unpaired) electrons. The van der Waals surface area contributed by atoms with Crippen molar-refractivity contribution in [2.24, 2.45) is 5.41 Å². The Balaban J connectivity index is 1.35. The summed E-state index contributed by atoms with van der Waals surface area (Å²) >= 11 is 0. The van der Waals surface area contributed by atoms with Crippen molar-refractivity contribution in [3.63, 3.8) is 0 Å². The van der Waals surface area contributed by atoms with Crippen molar-refractivity contribution >= 4 is 23.9 Å². The Kier molecular flexibility index (Phi) is 7.71. The van der Waals surface area contributed by atoms with Crippen LogP contribution < -0.4 is 0 Å². The van der Waals surface area contributed by atoms with E-state index in [0.29, 0.717) is 5.56 Å². The molecule has 5 atom stereocenters. The van der Waals surface area contributed by atoms with E-state index in [2.05, 4.69) is 0 Å². The summed E-state index contributed by atoms with van der Waals surface area (Å²) in [5, 5.41) is 0. The van der Waals surface area contributed by atoms with Crippen molar-refractivity contribution in [2.45, 2.75) is 31.0 Å². The average Bonchev–Trinajstić information content (AvgIpc) is 3.60. The van der Waals surface area contributed by atoms with Crippen LogP contribution in [-0.4, -0.2) is 54.6 Å². The van der Waals surface area contributed by atoms with E-state index in [0.717, 1.165) is 0 Å². The van der Waals surface area contributed by atoms with Crippen LogP contribution in [0.2, 0.25) is 0 Å². The summed E-state index contributed by atoms with van der Waals surface area (Å²) in [4.78, 5) is 52.8. The topological polar surface area (TPSA) is 114 Å². The molecule has 0 aromatic heterocycles. The molecular formula is C35H28O9. The van der Waals surface area contributed by atoms with E-state index in [-0.39, 0.29) is 16.7 Å². The Morgan fingerprint density at radius 1 is 0.591 bits per heavy atom. The predicted octanol–water partition coefficient (Wildman–Crippen LogP) is 5.27. The summed E-state index contributed by atoms with van der Waals surface area (Å²) in [6, 6.07) is 33.3. The second kappa shape index (κ2) is 11.8. The molecule has 4 aromatic rings. The number of rotatable bonds is 9. The summed E-state index contributed by atoms with van der Waals surface area (Å²) in [6.45, 7) is 1.22. The Morgan fingerprint density at radius 3 is 1.48 bits per heavy atom. The summed E-state index contributed by atoms with van der Waals surface area (Å²) in [5.41, 5.74) is -2.08. The van der Waals surface area contributed by atoms with Crippen molar-refractivity contribution in [3.8, 4) is 0 Å². The fourth-order valence-electron chi connectivity index (χ4n) is 5.47. The number of ether oxygens (including phenoxy) is 5. The minimum atomic E-state index is -1.66. The van der Waals surface area contributed by atoms with Gasteiger partial charge in [-0.1, -0.05) is 72.8 Å². The third-order valence-corrected chi connectivity index (χ3v) is 7.94. The van der Waals surface area contributed by atoms with E-state index >= 15 is 0 Å². The third kappa shape index (κ3) is 5.22. The van der Waals surface area contributed by atoms with Gasteiger partial charge in [0.25, 0.3) is 0 Å². The molecule has 9 heteroatoms. The Morgan fingerprint density at radius 2 is 1.00 bits per heavy atom. The van der Waals surface area contributed by atoms with Crippen molar-refractivity contribution in [1.29, 1.82) is 0 Å². The summed E-state index contributed by atoms with van der Waals surface area (Å²) in [6.07, 6.45) is -3.44. The number of esters is 4. The molecule has 6 rings (SSSR count). The minimum absolute atomic E-state index is 0.244. The van der Waals surface area contributed by atoms with E-state index < -0.39 is 60.0 Å². The number of fused-ring (bicyclic) bond motifs is 1. The highest BCUT2D eigenvalue weighted by atomic mass is 16.8. The largest absolute Gasteiger partial charge is 0.461 e. The van der Waals surface area contributed by atoms with Gasteiger partial charge < -0.3 is 23.7 Å². The highest BCUT2D eigenvalue weighted by Gasteiger charge is 2.88. The maximum Gasteiger partial charge on any atom is 0.340 e. The van der Waals surface area contributed by atoms with Crippen molar-refractivity contribution in [3.05, 3.63) is 144 Å². The quantitative estimate of drug-likeness (QED) is 0.189. The van der Waals surface area contributed by atoms with Crippen molar-refractivity contribution in [1.82, 2.24) is 0 Å². The first-order valence-electron chi connectivity index (χ1n) is 14.0. The average molecular weight is 593 g/mol. The molecule has 0 spiro atoms. The molecule has 0 amide bonds. The fourth-order valence-corrected chi connectivity index (χ4v) is 5.47. The molecule has 4 aromatic carbocycles. The Bertz CT molecular complexity index is 1660. The van der Waals surface area contributed by atoms with Gasteiger partial charge in [-0.3, -0.25) is 0 Å². The molecule has 2 fully saturated rings. The molecule has 222 valence electrons. The lowest BCUT2D eigenvalue weighted by Gasteiger charge is -2.37. The van der Waals surface area contributed by atoms with Crippen LogP contribution in [0.1, 0.15) is 48.4 Å². The van der Waals surface area contributed by atoms with Crippen molar-refractivity contribution in [2.75, 3.05) is 6.61 Å². The molecule has 44 heavy (non-hydrogen) atoms. The third-order valence-electron chi connectivity index (χ3n) is 7.94. The molecule has 1 saturated carbocycles. The molecule has 0 bridgehead atoms. The van der Waals surface area contributed by atoms with Gasteiger partial charge in [-0.05, 0) is 55.5 Å². The smallest absolute Gasteiger partial charge is 0.340 e.